The predicted octanol–water partition coefficient (Wildman–Crippen LogP) is -1.24. The first-order valence-corrected chi connectivity index (χ1v) is 11.4. The quantitative estimate of drug-likeness (QED) is 0.331. The van der Waals surface area contributed by atoms with E-state index in [1.165, 1.54) is 13.1 Å². The maximum Gasteiger partial charge on any atom is 0.524 e. The molecule has 0 aliphatic carbocycles. The lowest BCUT2D eigenvalue weighted by Crippen LogP contribution is -2.33. The van der Waals surface area contributed by atoms with Gasteiger partial charge in [0, 0.05) is 18.2 Å². The summed E-state index contributed by atoms with van der Waals surface area (Å²) < 4.78 is 51.0. The van der Waals surface area contributed by atoms with E-state index in [4.69, 9.17) is 9.63 Å². The van der Waals surface area contributed by atoms with Crippen molar-refractivity contribution in [3.05, 3.63) is 32.6 Å². The number of aliphatic hydroxyl groups is 1. The fourth-order valence-corrected chi connectivity index (χ4v) is 4.89. The van der Waals surface area contributed by atoms with Crippen LogP contribution in [0.5, 0.6) is 0 Å². The number of aromatic amines is 1. The molecule has 6 unspecified atom stereocenters. The smallest absolute Gasteiger partial charge is 0.524 e. The third kappa shape index (κ3) is 6.21. The normalized spacial score (nSPS) is 27.2. The van der Waals surface area contributed by atoms with Crippen LogP contribution in [-0.2, 0) is 31.6 Å². The van der Waals surface area contributed by atoms with Crippen molar-refractivity contribution in [1.29, 1.82) is 0 Å². The van der Waals surface area contributed by atoms with E-state index in [9.17, 15) is 38.2 Å². The number of aliphatic hydroxyl groups excluding tert-OH is 1. The van der Waals surface area contributed by atoms with Gasteiger partial charge in [-0.15, -0.1) is 0 Å². The number of H-pyrrole nitrogens is 1. The van der Waals surface area contributed by atoms with Gasteiger partial charge in [0.15, 0.2) is 0 Å². The summed E-state index contributed by atoms with van der Waals surface area (Å²) in [6.45, 7) is 0.608. The minimum atomic E-state index is -5.44. The molecule has 0 aromatic carbocycles. The van der Waals surface area contributed by atoms with Crippen molar-refractivity contribution in [3.63, 3.8) is 0 Å². The van der Waals surface area contributed by atoms with Crippen LogP contribution in [0.4, 0.5) is 0 Å². The third-order valence-corrected chi connectivity index (χ3v) is 6.92. The Morgan fingerprint density at radius 3 is 2.64 bits per heavy atom. The molecule has 0 amide bonds. The Balaban J connectivity index is 2.02. The van der Waals surface area contributed by atoms with Gasteiger partial charge in [0.25, 0.3) is 5.56 Å². The summed E-state index contributed by atoms with van der Waals surface area (Å²) in [6.07, 6.45) is -2.53. The monoisotopic (exact) mass is 464 g/mol. The average Bonchev–Trinajstić information content (AvgIpc) is 2.87. The number of phosphoric ester groups is 1. The largest absolute Gasteiger partial charge is 0.566 e. The molecule has 1 aliphatic heterocycles. The zero-order chi connectivity index (χ0) is 21.3. The van der Waals surface area contributed by atoms with Crippen molar-refractivity contribution < 1.29 is 51.4 Å². The fraction of sp³-hybridized carbons (Fsp3) is 0.600. The Morgan fingerprint density at radius 1 is 1.39 bits per heavy atom. The van der Waals surface area contributed by atoms with Crippen molar-refractivity contribution in [1.82, 2.24) is 9.55 Å². The van der Waals surface area contributed by atoms with Gasteiger partial charge in [-0.1, -0.05) is 0 Å². The molecule has 0 radical (unpaired) electrons. The van der Waals surface area contributed by atoms with Crippen LogP contribution in [0.15, 0.2) is 15.8 Å². The molecule has 0 saturated carbocycles. The van der Waals surface area contributed by atoms with Crippen molar-refractivity contribution in [3.8, 4) is 0 Å². The number of hydrogen-bond donors (Lipinski definition) is 4. The van der Waals surface area contributed by atoms with E-state index in [1.807, 2.05) is 4.98 Å². The zero-order valence-corrected chi connectivity index (χ0v) is 16.6. The Labute approximate surface area is 156 Å². The van der Waals surface area contributed by atoms with Crippen LogP contribution in [0.25, 0.3) is 0 Å². The molecule has 15 nitrogen and oxygen atoms in total. The lowest BCUT2D eigenvalue weighted by Gasteiger charge is -2.18. The van der Waals surface area contributed by atoms with Gasteiger partial charge in [0.05, 0.1) is 12.7 Å². The first kappa shape index (κ1) is 23.2. The van der Waals surface area contributed by atoms with Crippen molar-refractivity contribution in [2.24, 2.45) is 0 Å². The number of aryl methyl sites for hydroxylation is 1. The van der Waals surface area contributed by atoms with Gasteiger partial charge in [-0.05, 0) is 15.8 Å². The maximum atomic E-state index is 11.8. The number of hydrogen-bond acceptors (Lipinski definition) is 11. The first-order valence-electron chi connectivity index (χ1n) is 7.31. The number of nitrogens with zero attached hydrogens (tertiary/aromatic N) is 1. The number of aromatic nitrogens is 2. The van der Waals surface area contributed by atoms with E-state index in [-0.39, 0.29) is 12.0 Å². The van der Waals surface area contributed by atoms with Gasteiger partial charge < -0.3 is 19.6 Å². The summed E-state index contributed by atoms with van der Waals surface area (Å²) in [6, 6.07) is 0. The molecule has 158 valence electrons. The first-order chi connectivity index (χ1) is 12.8. The molecular weight excluding hydrogens is 449 g/mol. The highest BCUT2D eigenvalue weighted by atomic mass is 31.3. The minimum Gasteiger partial charge on any atom is -0.566 e. The van der Waals surface area contributed by atoms with Crippen LogP contribution in [0.1, 0.15) is 18.2 Å². The lowest BCUT2D eigenvalue weighted by molar-refractivity contribution is -0.179. The number of rotatable bonds is 8. The Kier molecular flexibility index (Phi) is 7.24. The summed E-state index contributed by atoms with van der Waals surface area (Å²) in [5, 5.41) is 9.97. The molecule has 2 heterocycles. The number of ether oxygens (including phenoxy) is 1. The SMILES string of the molecule is Cc1cn(C2CC(O)C(COP(=O)(O)OP(=O)(O)O[P+](=O)[O-])O2)c(=O)[nH]c1=O. The van der Waals surface area contributed by atoms with Crippen LogP contribution >= 0.6 is 23.9 Å². The number of nitrogens with one attached hydrogen (secondary N) is 1. The maximum absolute atomic E-state index is 11.8. The highest BCUT2D eigenvalue weighted by Gasteiger charge is 2.42. The summed E-state index contributed by atoms with van der Waals surface area (Å²) in [5.74, 6) is 0. The summed E-state index contributed by atoms with van der Waals surface area (Å²) in [7, 11) is -14.6. The summed E-state index contributed by atoms with van der Waals surface area (Å²) in [5.41, 5.74) is -1.22. The van der Waals surface area contributed by atoms with E-state index in [2.05, 4.69) is 13.1 Å². The van der Waals surface area contributed by atoms with Crippen molar-refractivity contribution >= 4 is 23.9 Å². The molecular formula is C10H15N2O13P3. The van der Waals surface area contributed by atoms with Gasteiger partial charge in [0.2, 0.25) is 0 Å². The third-order valence-electron chi connectivity index (χ3n) is 3.44. The van der Waals surface area contributed by atoms with Crippen molar-refractivity contribution in [2.75, 3.05) is 6.61 Å². The molecule has 1 aliphatic rings. The fourth-order valence-electron chi connectivity index (χ4n) is 2.26. The summed E-state index contributed by atoms with van der Waals surface area (Å²) in [4.78, 5) is 53.9. The molecule has 1 aromatic heterocycles. The molecule has 1 saturated heterocycles. The van der Waals surface area contributed by atoms with E-state index < -0.39 is 60.2 Å². The zero-order valence-electron chi connectivity index (χ0n) is 13.9. The molecule has 28 heavy (non-hydrogen) atoms. The second-order valence-corrected chi connectivity index (χ2v) is 9.42. The van der Waals surface area contributed by atoms with Gasteiger partial charge in [-0.3, -0.25) is 23.8 Å². The van der Waals surface area contributed by atoms with Gasteiger partial charge in [0.1, 0.15) is 12.3 Å². The highest BCUT2D eigenvalue weighted by Crippen LogP contribution is 2.62. The lowest BCUT2D eigenvalue weighted by atomic mass is 10.2. The highest BCUT2D eigenvalue weighted by molar-refractivity contribution is 7.64. The molecule has 1 fully saturated rings. The molecule has 4 N–H and O–H groups in total. The second kappa shape index (κ2) is 8.74. The average molecular weight is 464 g/mol. The van der Waals surface area contributed by atoms with Gasteiger partial charge in [-0.25, -0.2) is 13.9 Å². The molecule has 6 atom stereocenters. The van der Waals surface area contributed by atoms with E-state index >= 15 is 0 Å². The minimum absolute atomic E-state index is 0.145. The molecule has 1 aromatic rings. The van der Waals surface area contributed by atoms with Crippen LogP contribution in [0, 0.1) is 6.92 Å². The second-order valence-electron chi connectivity index (χ2n) is 5.53. The van der Waals surface area contributed by atoms with E-state index in [0.29, 0.717) is 0 Å². The predicted molar refractivity (Wildman–Crippen MR) is 86.0 cm³/mol. The summed E-state index contributed by atoms with van der Waals surface area (Å²) >= 11 is 0. The van der Waals surface area contributed by atoms with Crippen LogP contribution in [0.2, 0.25) is 0 Å². The topological polar surface area (TPSA) is 227 Å². The Bertz CT molecular complexity index is 957. The van der Waals surface area contributed by atoms with Crippen LogP contribution < -0.4 is 16.1 Å². The van der Waals surface area contributed by atoms with Crippen LogP contribution in [-0.4, -0.2) is 43.3 Å². The standard InChI is InChI=1S/C10H15N2O13P3/c1-5-3-12(10(15)11-9(5)14)8-2-6(13)7(23-8)4-22-27(18,19)25-28(20,21)24-26(16)17/h3,6-8,13H,2,4H2,1H3,(H,18,19)(H,20,21)(H,11,14,15). The van der Waals surface area contributed by atoms with Crippen molar-refractivity contribution in [2.45, 2.75) is 31.8 Å². The molecule has 0 spiro atoms. The van der Waals surface area contributed by atoms with Gasteiger partial charge >= 0.3 is 29.6 Å². The van der Waals surface area contributed by atoms with Gasteiger partial charge in [-0.2, -0.15) is 4.31 Å². The number of phosphoric acid groups is 2. The van der Waals surface area contributed by atoms with Crippen LogP contribution in [0.3, 0.4) is 0 Å². The van der Waals surface area contributed by atoms with E-state index in [0.717, 1.165) is 4.57 Å². The van der Waals surface area contributed by atoms with E-state index in [1.54, 1.807) is 0 Å². The Hall–Kier alpha value is -1.08. The molecule has 0 bridgehead atoms. The molecule has 2 rings (SSSR count). The molecule has 18 heteroatoms. The Morgan fingerprint density at radius 2 is 2.04 bits per heavy atom.